The van der Waals surface area contributed by atoms with Crippen molar-refractivity contribution in [3.05, 3.63) is 28.2 Å². The van der Waals surface area contributed by atoms with Crippen molar-refractivity contribution < 1.29 is 4.74 Å². The monoisotopic (exact) mass is 319 g/mol. The summed E-state index contributed by atoms with van der Waals surface area (Å²) in [6.07, 6.45) is 0. The molecule has 1 rings (SSSR count). The van der Waals surface area contributed by atoms with E-state index in [2.05, 4.69) is 41.7 Å². The van der Waals surface area contributed by atoms with Crippen molar-refractivity contribution in [1.29, 1.82) is 0 Å². The summed E-state index contributed by atoms with van der Waals surface area (Å²) in [7, 11) is 3.76. The molecule has 17 heavy (non-hydrogen) atoms. The second-order valence-corrected chi connectivity index (χ2v) is 5.88. The maximum atomic E-state index is 5.97. The number of rotatable bonds is 5. The lowest BCUT2D eigenvalue weighted by Gasteiger charge is -2.34. The molecule has 0 unspecified atom stereocenters. The molecule has 0 bridgehead atoms. The minimum absolute atomic E-state index is 0.0237. The van der Waals surface area contributed by atoms with Gasteiger partial charge in [-0.3, -0.25) is 4.90 Å². The van der Waals surface area contributed by atoms with Gasteiger partial charge < -0.3 is 4.74 Å². The van der Waals surface area contributed by atoms with Gasteiger partial charge in [0, 0.05) is 22.4 Å². The average Bonchev–Trinajstić information content (AvgIpc) is 2.31. The van der Waals surface area contributed by atoms with Gasteiger partial charge in [-0.15, -0.1) is 11.6 Å². The Morgan fingerprint density at radius 2 is 2.06 bits per heavy atom. The highest BCUT2D eigenvalue weighted by Gasteiger charge is 2.22. The van der Waals surface area contributed by atoms with E-state index in [1.54, 1.807) is 7.11 Å². The van der Waals surface area contributed by atoms with Crippen molar-refractivity contribution >= 4 is 27.5 Å². The van der Waals surface area contributed by atoms with Crippen LogP contribution in [0.1, 0.15) is 19.4 Å². The van der Waals surface area contributed by atoms with E-state index >= 15 is 0 Å². The molecule has 0 aliphatic rings. The van der Waals surface area contributed by atoms with Gasteiger partial charge in [0.2, 0.25) is 0 Å². The highest BCUT2D eigenvalue weighted by molar-refractivity contribution is 9.10. The molecule has 96 valence electrons. The number of halogens is 2. The fraction of sp³-hybridized carbons (Fsp3) is 0.538. The molecular weight excluding hydrogens is 302 g/mol. The smallest absolute Gasteiger partial charge is 0.119 e. The van der Waals surface area contributed by atoms with Gasteiger partial charge in [0.05, 0.1) is 7.11 Å². The van der Waals surface area contributed by atoms with Gasteiger partial charge in [0.25, 0.3) is 0 Å². The summed E-state index contributed by atoms with van der Waals surface area (Å²) in [5.41, 5.74) is 1.18. The van der Waals surface area contributed by atoms with Crippen LogP contribution in [0.2, 0.25) is 0 Å². The molecule has 1 aromatic carbocycles. The predicted octanol–water partition coefficient (Wildman–Crippen LogP) is 3.91. The van der Waals surface area contributed by atoms with E-state index in [9.17, 15) is 0 Å². The maximum absolute atomic E-state index is 5.97. The fourth-order valence-corrected chi connectivity index (χ4v) is 1.95. The summed E-state index contributed by atoms with van der Waals surface area (Å²) in [5.74, 6) is 1.48. The summed E-state index contributed by atoms with van der Waals surface area (Å²) < 4.78 is 6.33. The quantitative estimate of drug-likeness (QED) is 0.763. The Kier molecular flexibility index (Phi) is 5.29. The molecule has 0 spiro atoms. The molecular formula is C13H19BrClNO. The van der Waals surface area contributed by atoms with Crippen LogP contribution in [0.25, 0.3) is 0 Å². The van der Waals surface area contributed by atoms with Crippen LogP contribution in [0.15, 0.2) is 22.7 Å². The third-order valence-electron chi connectivity index (χ3n) is 3.02. The predicted molar refractivity (Wildman–Crippen MR) is 77.0 cm³/mol. The highest BCUT2D eigenvalue weighted by Crippen LogP contribution is 2.26. The molecule has 0 fully saturated rings. The lowest BCUT2D eigenvalue weighted by molar-refractivity contribution is 0.170. The summed E-state index contributed by atoms with van der Waals surface area (Å²) in [4.78, 5) is 2.24. The van der Waals surface area contributed by atoms with E-state index in [4.69, 9.17) is 16.3 Å². The minimum atomic E-state index is -0.0237. The van der Waals surface area contributed by atoms with E-state index in [0.717, 1.165) is 16.8 Å². The Morgan fingerprint density at radius 3 is 2.59 bits per heavy atom. The number of hydrogen-bond donors (Lipinski definition) is 0. The zero-order chi connectivity index (χ0) is 13.1. The van der Waals surface area contributed by atoms with Crippen molar-refractivity contribution in [2.75, 3.05) is 20.0 Å². The number of methoxy groups -OCH3 is 1. The molecule has 0 amide bonds. The second kappa shape index (κ2) is 6.07. The maximum Gasteiger partial charge on any atom is 0.119 e. The van der Waals surface area contributed by atoms with Crippen LogP contribution in [0.3, 0.4) is 0 Å². The summed E-state index contributed by atoms with van der Waals surface area (Å²) in [6.45, 7) is 5.10. The molecule has 2 nitrogen and oxygen atoms in total. The number of hydrogen-bond acceptors (Lipinski definition) is 2. The Morgan fingerprint density at radius 1 is 1.41 bits per heavy atom. The molecule has 0 aliphatic heterocycles. The molecule has 0 N–H and O–H groups in total. The Balaban J connectivity index is 2.87. The van der Waals surface area contributed by atoms with Crippen LogP contribution in [0.5, 0.6) is 5.75 Å². The zero-order valence-electron chi connectivity index (χ0n) is 10.8. The zero-order valence-corrected chi connectivity index (χ0v) is 13.1. The van der Waals surface area contributed by atoms with E-state index in [1.165, 1.54) is 5.56 Å². The molecule has 4 heteroatoms. The normalized spacial score (nSPS) is 11.9. The number of ether oxygens (including phenoxy) is 1. The molecule has 0 aliphatic carbocycles. The SMILES string of the molecule is COc1ccc(Br)c(CN(C)C(C)(C)CCl)c1. The van der Waals surface area contributed by atoms with Gasteiger partial charge in [0.15, 0.2) is 0 Å². The molecule has 0 aromatic heterocycles. The Hall–Kier alpha value is -0.250. The van der Waals surface area contributed by atoms with Crippen molar-refractivity contribution in [2.24, 2.45) is 0 Å². The van der Waals surface area contributed by atoms with E-state index < -0.39 is 0 Å². The average molecular weight is 321 g/mol. The van der Waals surface area contributed by atoms with Gasteiger partial charge in [-0.1, -0.05) is 15.9 Å². The lowest BCUT2D eigenvalue weighted by atomic mass is 10.1. The van der Waals surface area contributed by atoms with Crippen LogP contribution in [-0.2, 0) is 6.54 Å². The largest absolute Gasteiger partial charge is 0.497 e. The fourth-order valence-electron chi connectivity index (χ4n) is 1.37. The van der Waals surface area contributed by atoms with Gasteiger partial charge in [0.1, 0.15) is 5.75 Å². The molecule has 0 heterocycles. The van der Waals surface area contributed by atoms with E-state index in [-0.39, 0.29) is 5.54 Å². The highest BCUT2D eigenvalue weighted by atomic mass is 79.9. The first-order valence-corrected chi connectivity index (χ1v) is 6.83. The molecule has 0 atom stereocenters. The van der Waals surface area contributed by atoms with Crippen LogP contribution >= 0.6 is 27.5 Å². The lowest BCUT2D eigenvalue weighted by Crippen LogP contribution is -2.42. The van der Waals surface area contributed by atoms with Gasteiger partial charge in [-0.25, -0.2) is 0 Å². The first-order chi connectivity index (χ1) is 7.90. The van der Waals surface area contributed by atoms with Crippen molar-refractivity contribution in [2.45, 2.75) is 25.9 Å². The minimum Gasteiger partial charge on any atom is -0.497 e. The summed E-state index contributed by atoms with van der Waals surface area (Å²) in [6, 6.07) is 6.00. The number of nitrogens with zero attached hydrogens (tertiary/aromatic N) is 1. The van der Waals surface area contributed by atoms with Crippen LogP contribution in [0.4, 0.5) is 0 Å². The van der Waals surface area contributed by atoms with Gasteiger partial charge >= 0.3 is 0 Å². The van der Waals surface area contributed by atoms with E-state index in [0.29, 0.717) is 5.88 Å². The second-order valence-electron chi connectivity index (χ2n) is 4.76. The first kappa shape index (κ1) is 14.8. The van der Waals surface area contributed by atoms with Crippen LogP contribution in [-0.4, -0.2) is 30.5 Å². The summed E-state index contributed by atoms with van der Waals surface area (Å²) >= 11 is 9.54. The molecule has 0 saturated carbocycles. The van der Waals surface area contributed by atoms with Gasteiger partial charge in [-0.2, -0.15) is 0 Å². The topological polar surface area (TPSA) is 12.5 Å². The van der Waals surface area contributed by atoms with Crippen molar-refractivity contribution in [3.63, 3.8) is 0 Å². The molecule has 1 aromatic rings. The molecule has 0 saturated heterocycles. The van der Waals surface area contributed by atoms with Crippen LogP contribution in [0, 0.1) is 0 Å². The summed E-state index contributed by atoms with van der Waals surface area (Å²) in [5, 5.41) is 0. The Bertz CT molecular complexity index is 382. The first-order valence-electron chi connectivity index (χ1n) is 5.50. The molecule has 0 radical (unpaired) electrons. The van der Waals surface area contributed by atoms with Crippen LogP contribution < -0.4 is 4.74 Å². The van der Waals surface area contributed by atoms with E-state index in [1.807, 2.05) is 18.2 Å². The number of alkyl halides is 1. The third kappa shape index (κ3) is 3.87. The standard InChI is InChI=1S/C13H19BrClNO/c1-13(2,9-15)16(3)8-10-7-11(17-4)5-6-12(10)14/h5-7H,8-9H2,1-4H3. The number of benzene rings is 1. The Labute approximate surface area is 117 Å². The van der Waals surface area contributed by atoms with Crippen molar-refractivity contribution in [1.82, 2.24) is 4.90 Å². The van der Waals surface area contributed by atoms with Gasteiger partial charge in [-0.05, 0) is 44.7 Å². The third-order valence-corrected chi connectivity index (χ3v) is 4.45. The van der Waals surface area contributed by atoms with Crippen molar-refractivity contribution in [3.8, 4) is 5.75 Å².